The van der Waals surface area contributed by atoms with Crippen LogP contribution >= 0.6 is 15.2 Å². The maximum absolute atomic E-state index is 11.5. The van der Waals surface area contributed by atoms with Crippen LogP contribution in [-0.2, 0) is 9.13 Å². The Kier molecular flexibility index (Phi) is 12.0. The third kappa shape index (κ3) is 11.1. The molecular formula is C21H34O6P2. The van der Waals surface area contributed by atoms with Crippen molar-refractivity contribution in [1.82, 2.24) is 0 Å². The number of unbranched alkanes of at least 4 members (excludes halogenated alkanes) is 9. The van der Waals surface area contributed by atoms with Crippen LogP contribution in [0.15, 0.2) is 35.4 Å². The van der Waals surface area contributed by atoms with Gasteiger partial charge < -0.3 is 19.6 Å². The Morgan fingerprint density at radius 3 is 1.79 bits per heavy atom. The first-order valence-corrected chi connectivity index (χ1v) is 13.5. The molecule has 0 amide bonds. The van der Waals surface area contributed by atoms with E-state index in [4.69, 9.17) is 0 Å². The number of allylic oxidation sites excluding steroid dienone is 1. The van der Waals surface area contributed by atoms with Gasteiger partial charge in [0.1, 0.15) is 0 Å². The van der Waals surface area contributed by atoms with E-state index in [1.807, 2.05) is 12.2 Å². The van der Waals surface area contributed by atoms with Crippen LogP contribution in [0.4, 0.5) is 0 Å². The molecule has 1 rings (SSSR count). The van der Waals surface area contributed by atoms with Crippen LogP contribution in [-0.4, -0.2) is 19.6 Å². The van der Waals surface area contributed by atoms with Gasteiger partial charge in [-0.2, -0.15) is 0 Å². The van der Waals surface area contributed by atoms with Crippen LogP contribution in [0.3, 0.4) is 0 Å². The van der Waals surface area contributed by atoms with Crippen molar-refractivity contribution in [3.8, 4) is 0 Å². The fraction of sp³-hybridized carbons (Fsp3) is 0.524. The first kappa shape index (κ1) is 26.0. The minimum atomic E-state index is -5.07. The highest BCUT2D eigenvalue weighted by Gasteiger charge is 2.36. The van der Waals surface area contributed by atoms with Crippen LogP contribution in [0, 0.1) is 0 Å². The van der Waals surface area contributed by atoms with E-state index in [0.717, 1.165) is 18.9 Å². The molecule has 164 valence electrons. The molecule has 1 aromatic carbocycles. The number of hydrogen-bond acceptors (Lipinski definition) is 2. The Bertz CT molecular complexity index is 736. The van der Waals surface area contributed by atoms with Crippen molar-refractivity contribution in [2.24, 2.45) is 0 Å². The quantitative estimate of drug-likeness (QED) is 0.198. The minimum absolute atomic E-state index is 0.359. The van der Waals surface area contributed by atoms with Gasteiger partial charge in [0.2, 0.25) is 0 Å². The summed E-state index contributed by atoms with van der Waals surface area (Å²) >= 11 is 0. The number of benzene rings is 1. The second-order valence-corrected chi connectivity index (χ2v) is 10.7. The third-order valence-electron chi connectivity index (χ3n) is 4.65. The number of hydrogen-bond donors (Lipinski definition) is 4. The van der Waals surface area contributed by atoms with Crippen LogP contribution in [0.5, 0.6) is 0 Å². The van der Waals surface area contributed by atoms with Crippen LogP contribution < -0.4 is 0 Å². The normalized spacial score (nSPS) is 12.4. The molecule has 8 heteroatoms. The highest BCUT2D eigenvalue weighted by atomic mass is 31.2. The second-order valence-electron chi connectivity index (χ2n) is 7.24. The molecule has 0 fully saturated rings. The largest absolute Gasteiger partial charge is 0.364 e. The molecule has 0 radical (unpaired) electrons. The summed E-state index contributed by atoms with van der Waals surface area (Å²) < 4.78 is 22.9. The predicted octanol–water partition coefficient (Wildman–Crippen LogP) is 6.27. The summed E-state index contributed by atoms with van der Waals surface area (Å²) in [5.74, 6) is 0. The molecular weight excluding hydrogens is 410 g/mol. The van der Waals surface area contributed by atoms with Gasteiger partial charge in [0.05, 0.1) is 0 Å². The lowest BCUT2D eigenvalue weighted by Crippen LogP contribution is -1.90. The van der Waals surface area contributed by atoms with Crippen molar-refractivity contribution in [1.29, 1.82) is 0 Å². The molecule has 0 aliphatic rings. The molecule has 0 saturated heterocycles. The lowest BCUT2D eigenvalue weighted by atomic mass is 10.0. The molecule has 4 N–H and O–H groups in total. The van der Waals surface area contributed by atoms with Gasteiger partial charge in [0, 0.05) is 0 Å². The monoisotopic (exact) mass is 444 g/mol. The topological polar surface area (TPSA) is 115 Å². The van der Waals surface area contributed by atoms with Crippen molar-refractivity contribution >= 4 is 27.3 Å². The van der Waals surface area contributed by atoms with Crippen LogP contribution in [0.1, 0.15) is 82.3 Å². The lowest BCUT2D eigenvalue weighted by molar-refractivity contribution is 0.368. The van der Waals surface area contributed by atoms with Gasteiger partial charge in [-0.15, -0.1) is 0 Å². The molecule has 0 aliphatic heterocycles. The molecule has 0 aromatic heterocycles. The maximum atomic E-state index is 11.5. The molecule has 0 spiro atoms. The third-order valence-corrected chi connectivity index (χ3v) is 7.66. The summed E-state index contributed by atoms with van der Waals surface area (Å²) in [7, 11) is -10.1. The fourth-order valence-corrected chi connectivity index (χ4v) is 5.03. The van der Waals surface area contributed by atoms with Crippen molar-refractivity contribution in [2.75, 3.05) is 0 Å². The van der Waals surface area contributed by atoms with E-state index < -0.39 is 20.2 Å². The Morgan fingerprint density at radius 2 is 1.28 bits per heavy atom. The Labute approximate surface area is 174 Å². The lowest BCUT2D eigenvalue weighted by Gasteiger charge is -2.11. The van der Waals surface area contributed by atoms with Gasteiger partial charge in [-0.05, 0) is 30.0 Å². The van der Waals surface area contributed by atoms with Gasteiger partial charge in [-0.25, -0.2) is 0 Å². The van der Waals surface area contributed by atoms with E-state index in [0.29, 0.717) is 11.1 Å². The number of rotatable bonds is 14. The summed E-state index contributed by atoms with van der Waals surface area (Å²) in [6, 6.07) is 6.74. The Morgan fingerprint density at radius 1 is 0.793 bits per heavy atom. The fourth-order valence-electron chi connectivity index (χ4n) is 3.05. The Balaban J connectivity index is 2.59. The van der Waals surface area contributed by atoms with Gasteiger partial charge in [-0.3, -0.25) is 9.13 Å². The minimum Gasteiger partial charge on any atom is -0.321 e. The predicted molar refractivity (Wildman–Crippen MR) is 119 cm³/mol. The highest BCUT2D eigenvalue weighted by molar-refractivity contribution is 7.77. The highest BCUT2D eigenvalue weighted by Crippen LogP contribution is 2.64. The summed E-state index contributed by atoms with van der Waals surface area (Å²) in [6.07, 6.45) is 16.9. The molecule has 0 heterocycles. The van der Waals surface area contributed by atoms with E-state index in [1.165, 1.54) is 51.4 Å². The molecule has 0 aliphatic carbocycles. The molecule has 29 heavy (non-hydrogen) atoms. The maximum Gasteiger partial charge on any atom is 0.364 e. The van der Waals surface area contributed by atoms with E-state index in [2.05, 4.69) is 6.92 Å². The standard InChI is InChI=1S/C21H34O6P2/c1-2-3-4-5-6-7-8-9-10-11-12-15-19-16-13-14-17-20(19)18-21(28(22,23)24)29(25,26)27/h12-18H,2-11H2,1H3,(H2,22,23,24)(H2,25,26,27). The van der Waals surface area contributed by atoms with E-state index >= 15 is 0 Å². The summed E-state index contributed by atoms with van der Waals surface area (Å²) in [5, 5.41) is -1.16. The smallest absolute Gasteiger partial charge is 0.321 e. The van der Waals surface area contributed by atoms with E-state index in [1.54, 1.807) is 24.3 Å². The SMILES string of the molecule is CCCCCCCCCCCC=Cc1ccccc1C=C(P(=O)(O)O)P(=O)(O)O. The first-order valence-electron chi connectivity index (χ1n) is 10.3. The molecule has 0 atom stereocenters. The summed E-state index contributed by atoms with van der Waals surface area (Å²) in [5.41, 5.74) is 1.01. The van der Waals surface area contributed by atoms with Crippen molar-refractivity contribution in [3.05, 3.63) is 46.5 Å². The van der Waals surface area contributed by atoms with Gasteiger partial charge in [-0.1, -0.05) is 94.7 Å². The van der Waals surface area contributed by atoms with E-state index in [-0.39, 0.29) is 0 Å². The van der Waals surface area contributed by atoms with Gasteiger partial charge >= 0.3 is 15.2 Å². The van der Waals surface area contributed by atoms with Gasteiger partial charge in [0.25, 0.3) is 0 Å². The van der Waals surface area contributed by atoms with Crippen LogP contribution in [0.25, 0.3) is 12.2 Å². The van der Waals surface area contributed by atoms with Crippen molar-refractivity contribution in [2.45, 2.75) is 71.1 Å². The molecule has 0 bridgehead atoms. The van der Waals surface area contributed by atoms with E-state index in [9.17, 15) is 28.7 Å². The Hall–Kier alpha value is -1.00. The zero-order valence-corrected chi connectivity index (χ0v) is 18.9. The molecule has 0 saturated carbocycles. The summed E-state index contributed by atoms with van der Waals surface area (Å²) in [6.45, 7) is 2.22. The van der Waals surface area contributed by atoms with Crippen LogP contribution in [0.2, 0.25) is 0 Å². The average Bonchev–Trinajstić information content (AvgIpc) is 2.63. The zero-order valence-electron chi connectivity index (χ0n) is 17.1. The zero-order chi connectivity index (χ0) is 21.8. The van der Waals surface area contributed by atoms with Crippen molar-refractivity contribution in [3.63, 3.8) is 0 Å². The summed E-state index contributed by atoms with van der Waals surface area (Å²) in [4.78, 5) is 37.1. The second kappa shape index (κ2) is 13.3. The average molecular weight is 444 g/mol. The first-order chi connectivity index (χ1) is 13.7. The molecule has 6 nitrogen and oxygen atoms in total. The van der Waals surface area contributed by atoms with Gasteiger partial charge in [0.15, 0.2) is 5.06 Å². The molecule has 1 aromatic rings. The van der Waals surface area contributed by atoms with Crippen molar-refractivity contribution < 1.29 is 28.7 Å². The molecule has 0 unspecified atom stereocenters.